The van der Waals surface area contributed by atoms with Crippen molar-refractivity contribution in [2.45, 2.75) is 51.2 Å². The van der Waals surface area contributed by atoms with Crippen LogP contribution < -0.4 is 10.6 Å². The van der Waals surface area contributed by atoms with Crippen LogP contribution in [0.3, 0.4) is 0 Å². The number of hydrogen-bond acceptors (Lipinski definition) is 3. The zero-order valence-corrected chi connectivity index (χ0v) is 14.2. The standard InChI is InChI=1S/C18H24N4O2/c1-13(2)20-18(24)21-16(14-7-4-3-5-8-14)11-17(23)22-10-6-9-15(22)12-19/h3-5,7-8,13,15-16H,6,9-11H2,1-2H3,(H2,20,21,24)/t15-,16-/m0/s1. The number of amides is 3. The Morgan fingerprint density at radius 1 is 1.29 bits per heavy atom. The van der Waals surface area contributed by atoms with E-state index in [2.05, 4.69) is 16.7 Å². The van der Waals surface area contributed by atoms with E-state index in [1.54, 1.807) is 4.90 Å². The van der Waals surface area contributed by atoms with E-state index >= 15 is 0 Å². The van der Waals surface area contributed by atoms with E-state index in [0.29, 0.717) is 6.54 Å². The molecule has 1 aromatic rings. The largest absolute Gasteiger partial charge is 0.336 e. The van der Waals surface area contributed by atoms with Crippen LogP contribution in [0.5, 0.6) is 0 Å². The highest BCUT2D eigenvalue weighted by atomic mass is 16.2. The molecule has 6 heteroatoms. The molecular weight excluding hydrogens is 304 g/mol. The van der Waals surface area contributed by atoms with Crippen LogP contribution in [0.2, 0.25) is 0 Å². The highest BCUT2D eigenvalue weighted by Crippen LogP contribution is 2.22. The van der Waals surface area contributed by atoms with Gasteiger partial charge in [0.15, 0.2) is 0 Å². The van der Waals surface area contributed by atoms with Crippen LogP contribution in [0.15, 0.2) is 30.3 Å². The molecule has 2 atom stereocenters. The highest BCUT2D eigenvalue weighted by Gasteiger charge is 2.30. The molecule has 0 saturated carbocycles. The lowest BCUT2D eigenvalue weighted by atomic mass is 10.0. The summed E-state index contributed by atoms with van der Waals surface area (Å²) < 4.78 is 0. The molecule has 0 aliphatic carbocycles. The summed E-state index contributed by atoms with van der Waals surface area (Å²) in [6.45, 7) is 4.37. The van der Waals surface area contributed by atoms with Crippen LogP contribution in [0, 0.1) is 11.3 Å². The number of benzene rings is 1. The normalized spacial score (nSPS) is 18.1. The van der Waals surface area contributed by atoms with E-state index in [0.717, 1.165) is 18.4 Å². The van der Waals surface area contributed by atoms with Gasteiger partial charge in [-0.3, -0.25) is 4.79 Å². The van der Waals surface area contributed by atoms with Gasteiger partial charge in [0.25, 0.3) is 0 Å². The third-order valence-electron chi connectivity index (χ3n) is 4.03. The minimum absolute atomic E-state index is 0.0127. The number of hydrogen-bond donors (Lipinski definition) is 2. The molecule has 2 rings (SSSR count). The number of urea groups is 1. The van der Waals surface area contributed by atoms with Gasteiger partial charge < -0.3 is 15.5 Å². The fourth-order valence-corrected chi connectivity index (χ4v) is 2.89. The number of likely N-dealkylation sites (tertiary alicyclic amines) is 1. The van der Waals surface area contributed by atoms with Gasteiger partial charge in [-0.1, -0.05) is 30.3 Å². The molecular formula is C18H24N4O2. The lowest BCUT2D eigenvalue weighted by Gasteiger charge is -2.24. The van der Waals surface area contributed by atoms with Crippen molar-refractivity contribution in [2.75, 3.05) is 6.54 Å². The van der Waals surface area contributed by atoms with Gasteiger partial charge in [0.1, 0.15) is 6.04 Å². The van der Waals surface area contributed by atoms with E-state index in [-0.39, 0.29) is 30.4 Å². The fraction of sp³-hybridized carbons (Fsp3) is 0.500. The maximum absolute atomic E-state index is 12.6. The quantitative estimate of drug-likeness (QED) is 0.870. The fourth-order valence-electron chi connectivity index (χ4n) is 2.89. The molecule has 0 spiro atoms. The first-order valence-electron chi connectivity index (χ1n) is 8.32. The molecule has 0 aromatic heterocycles. The maximum Gasteiger partial charge on any atom is 0.315 e. The van der Waals surface area contributed by atoms with Gasteiger partial charge in [0, 0.05) is 12.6 Å². The number of carbonyl (C=O) groups excluding carboxylic acids is 2. The Labute approximate surface area is 142 Å². The molecule has 1 aliphatic heterocycles. The van der Waals surface area contributed by atoms with Gasteiger partial charge in [-0.15, -0.1) is 0 Å². The average Bonchev–Trinajstić information content (AvgIpc) is 3.03. The Balaban J connectivity index is 2.10. The van der Waals surface area contributed by atoms with Gasteiger partial charge in [-0.2, -0.15) is 5.26 Å². The minimum atomic E-state index is -0.419. The van der Waals surface area contributed by atoms with Crippen LogP contribution in [-0.4, -0.2) is 35.5 Å². The Bertz CT molecular complexity index is 609. The van der Waals surface area contributed by atoms with Crippen molar-refractivity contribution in [3.05, 3.63) is 35.9 Å². The second-order valence-electron chi connectivity index (χ2n) is 6.31. The second kappa shape index (κ2) is 8.34. The van der Waals surface area contributed by atoms with Crippen molar-refractivity contribution in [1.29, 1.82) is 5.26 Å². The molecule has 1 aromatic carbocycles. The molecule has 1 fully saturated rings. The summed E-state index contributed by atoms with van der Waals surface area (Å²) in [5.41, 5.74) is 0.873. The summed E-state index contributed by atoms with van der Waals surface area (Å²) in [7, 11) is 0. The summed E-state index contributed by atoms with van der Waals surface area (Å²) in [6, 6.07) is 10.5. The summed E-state index contributed by atoms with van der Waals surface area (Å²) in [5, 5.41) is 14.8. The van der Waals surface area contributed by atoms with Crippen molar-refractivity contribution in [2.24, 2.45) is 0 Å². The van der Waals surface area contributed by atoms with Gasteiger partial charge in [-0.25, -0.2) is 4.79 Å². The molecule has 0 radical (unpaired) electrons. The molecule has 128 valence electrons. The van der Waals surface area contributed by atoms with Crippen LogP contribution in [0.4, 0.5) is 4.79 Å². The van der Waals surface area contributed by atoms with E-state index in [4.69, 9.17) is 5.26 Å². The number of carbonyl (C=O) groups is 2. The molecule has 2 N–H and O–H groups in total. The summed E-state index contributed by atoms with van der Waals surface area (Å²) in [4.78, 5) is 26.3. The predicted octanol–water partition coefficient (Wildman–Crippen LogP) is 2.34. The number of nitrogens with one attached hydrogen (secondary N) is 2. The zero-order chi connectivity index (χ0) is 17.5. The van der Waals surface area contributed by atoms with Gasteiger partial charge in [0.2, 0.25) is 5.91 Å². The first kappa shape index (κ1) is 17.8. The second-order valence-corrected chi connectivity index (χ2v) is 6.31. The highest BCUT2D eigenvalue weighted by molar-refractivity contribution is 5.80. The van der Waals surface area contributed by atoms with Crippen LogP contribution in [0.1, 0.15) is 44.7 Å². The Morgan fingerprint density at radius 2 is 2.00 bits per heavy atom. The average molecular weight is 328 g/mol. The third-order valence-corrected chi connectivity index (χ3v) is 4.03. The smallest absolute Gasteiger partial charge is 0.315 e. The Kier molecular flexibility index (Phi) is 6.19. The van der Waals surface area contributed by atoms with Gasteiger partial charge >= 0.3 is 6.03 Å². The molecule has 0 unspecified atom stereocenters. The van der Waals surface area contributed by atoms with Crippen molar-refractivity contribution in [3.8, 4) is 6.07 Å². The summed E-state index contributed by atoms with van der Waals surface area (Å²) in [5.74, 6) is -0.0993. The van der Waals surface area contributed by atoms with E-state index in [1.807, 2.05) is 44.2 Å². The lowest BCUT2D eigenvalue weighted by Crippen LogP contribution is -2.43. The molecule has 0 bridgehead atoms. The topological polar surface area (TPSA) is 85.2 Å². The number of nitriles is 1. The molecule has 1 heterocycles. The minimum Gasteiger partial charge on any atom is -0.336 e. The Morgan fingerprint density at radius 3 is 2.62 bits per heavy atom. The molecule has 1 aliphatic rings. The van der Waals surface area contributed by atoms with Crippen LogP contribution in [-0.2, 0) is 4.79 Å². The first-order valence-corrected chi connectivity index (χ1v) is 8.32. The SMILES string of the molecule is CC(C)NC(=O)N[C@@H](CC(=O)N1CCC[C@H]1C#N)c1ccccc1. The monoisotopic (exact) mass is 328 g/mol. The van der Waals surface area contributed by atoms with Crippen molar-refractivity contribution in [1.82, 2.24) is 15.5 Å². The molecule has 6 nitrogen and oxygen atoms in total. The summed E-state index contributed by atoms with van der Waals surface area (Å²) >= 11 is 0. The van der Waals surface area contributed by atoms with E-state index in [9.17, 15) is 9.59 Å². The molecule has 24 heavy (non-hydrogen) atoms. The van der Waals surface area contributed by atoms with Crippen molar-refractivity contribution >= 4 is 11.9 Å². The third kappa shape index (κ3) is 4.72. The summed E-state index contributed by atoms with van der Waals surface area (Å²) in [6.07, 6.45) is 1.72. The van der Waals surface area contributed by atoms with Crippen molar-refractivity contribution < 1.29 is 9.59 Å². The van der Waals surface area contributed by atoms with Crippen LogP contribution >= 0.6 is 0 Å². The number of rotatable bonds is 5. The van der Waals surface area contributed by atoms with Crippen molar-refractivity contribution in [3.63, 3.8) is 0 Å². The van der Waals surface area contributed by atoms with Gasteiger partial charge in [-0.05, 0) is 32.3 Å². The predicted molar refractivity (Wildman–Crippen MR) is 91.0 cm³/mol. The van der Waals surface area contributed by atoms with E-state index in [1.165, 1.54) is 0 Å². The maximum atomic E-state index is 12.6. The van der Waals surface area contributed by atoms with Gasteiger partial charge in [0.05, 0.1) is 18.5 Å². The Hall–Kier alpha value is -2.55. The molecule has 1 saturated heterocycles. The lowest BCUT2D eigenvalue weighted by molar-refractivity contribution is -0.131. The zero-order valence-electron chi connectivity index (χ0n) is 14.2. The van der Waals surface area contributed by atoms with Crippen LogP contribution in [0.25, 0.3) is 0 Å². The number of nitrogens with zero attached hydrogens (tertiary/aromatic N) is 2. The molecule has 3 amide bonds. The first-order chi connectivity index (χ1) is 11.5. The van der Waals surface area contributed by atoms with E-state index < -0.39 is 6.04 Å².